The molecule has 7 aromatic rings. The summed E-state index contributed by atoms with van der Waals surface area (Å²) in [5, 5.41) is 27.1. The molecule has 23 nitrogen and oxygen atoms in total. The number of hydroxylamine groups is 2. The predicted molar refractivity (Wildman–Crippen MR) is 573 cm³/mol. The number of Topliss-reactive ketones (excluding diaryl/α,β-unsaturated/α-hetero) is 2. The van der Waals surface area contributed by atoms with Gasteiger partial charge in [0.15, 0.2) is 28.6 Å². The number of hydrogen-bond acceptors (Lipinski definition) is 21. The molecular weight excluding hydrogens is 2100 g/mol. The topological polar surface area (TPSA) is 320 Å². The minimum Gasteiger partial charge on any atom is -0.521 e. The van der Waals surface area contributed by atoms with E-state index in [1.165, 1.54) is 106 Å². The quantitative estimate of drug-likeness (QED) is 0.00780. The van der Waals surface area contributed by atoms with Crippen LogP contribution in [0.3, 0.4) is 0 Å². The molecule has 13 aliphatic rings. The molecule has 7 atom stereocenters. The molecule has 1 amide bonds. The number of allylic oxidation sites excluding steroid dienone is 7. The molecule has 31 heteroatoms. The van der Waals surface area contributed by atoms with Crippen molar-refractivity contribution in [3.63, 3.8) is 0 Å². The molecule has 0 spiro atoms. The monoisotopic (exact) mass is 2240 g/mol. The van der Waals surface area contributed by atoms with Gasteiger partial charge in [0, 0.05) is 85.1 Å². The average molecular weight is 2250 g/mol. The molecular formula is C113H150B2Br3ClMgN8O15Zn. The largest absolute Gasteiger partial charge is 2.00 e. The molecule has 1 aliphatic heterocycles. The molecule has 7 unspecified atom stereocenters. The summed E-state index contributed by atoms with van der Waals surface area (Å²) in [6.45, 7) is 32.7. The van der Waals surface area contributed by atoms with Crippen LogP contribution in [0.15, 0.2) is 141 Å². The standard InChI is InChI=1S/C18H23NO.C18H21NO.C13H18N2O2.C13H17NO2.C13H15NO.C11H13NO2.C10H12ClNO2.C5H6.C4H7BO.C3H7BO2.C3H8O.C2H3.3BrH.Mg.Zn/c2*1-2-14-7-8-15(12-5-6-12)17(19-14)18(20)16-10-11-3-4-13(16)9-11;1-4-10-7-8-11(9-5-6-9)12(14-10)13(16)15(2)17-3;1-3-10-7-8-11(9-5-6-9)12(14-10)13(15)16-4-2;1-3-10-7-8-11(9-5-6-9)13(14-10)12(15)4-2;1-2-8-5-6-9(7-3-4-7)10(12-8)11(13)14;1-3-7-5-6-8(11)9(12-7)10(13)14-4-2;1-2-4-5-3-1;5-4-2-1-3-6-4;5-4(6)3-1-2-3;1-3-4-2;1-2;;;;;/h7-8,11-13,16H,2-6,9-10H2,1H3;3-4,7-8,11-13,16H,2,5-6,9-10H2,1H3;7-9H,4-6H2,1-3H3;7-9H,3-6H2,1-2H3;4,7-9H,2-3,5-6H2,1H3;5-7H,2-4H2,1H3,(H,13,14);5-6H,3-4H2,1-2H3;1-4H,5H2;4H,1-3H2;3,5-6H,1-2H2;3H2,1-2H3;1H,2H2;3*1H;;/q;;;;;;;;;;;-1;;;;2*+2/p-3. The van der Waals surface area contributed by atoms with Crippen molar-refractivity contribution in [1.82, 2.24) is 40.0 Å². The Balaban J connectivity index is 0.000000247. The summed E-state index contributed by atoms with van der Waals surface area (Å²) in [7, 11) is 9.05. The van der Waals surface area contributed by atoms with Gasteiger partial charge in [-0.15, -0.1) is 0 Å². The number of ether oxygens (including phenoxy) is 4. The molecule has 4 bridgehead atoms. The molecule has 2 radical (unpaired) electrons. The third kappa shape index (κ3) is 40.5. The third-order valence-electron chi connectivity index (χ3n) is 26.9. The normalized spacial score (nSPS) is 19.4. The van der Waals surface area contributed by atoms with E-state index in [-0.39, 0.29) is 106 Å². The van der Waals surface area contributed by atoms with Gasteiger partial charge in [-0.2, -0.15) is 0 Å². The summed E-state index contributed by atoms with van der Waals surface area (Å²) in [6, 6.07) is 28.1. The summed E-state index contributed by atoms with van der Waals surface area (Å²) in [6.07, 6.45) is 46.9. The number of carbonyl (C=O) groups is 7. The number of carbonyl (C=O) groups excluding carboxylic acids is 6. The molecule has 0 aromatic carbocycles. The van der Waals surface area contributed by atoms with Gasteiger partial charge in [0.25, 0.3) is 5.91 Å². The van der Waals surface area contributed by atoms with E-state index in [4.69, 9.17) is 63.6 Å². The number of carboxylic acids is 1. The minimum absolute atomic E-state index is 0. The van der Waals surface area contributed by atoms with E-state index in [1.807, 2.05) is 90.9 Å². The Hall–Kier alpha value is -7.31. The smallest absolute Gasteiger partial charge is 0.521 e. The fourth-order valence-corrected chi connectivity index (χ4v) is 17.8. The molecule has 7 aromatic heterocycles. The van der Waals surface area contributed by atoms with Gasteiger partial charge in [-0.1, -0.05) is 159 Å². The van der Waals surface area contributed by atoms with Crippen molar-refractivity contribution in [3.05, 3.63) is 265 Å². The van der Waals surface area contributed by atoms with Crippen molar-refractivity contribution in [2.75, 3.05) is 47.7 Å². The number of hydrogen-bond donors (Lipinski definition) is 3. The van der Waals surface area contributed by atoms with Crippen molar-refractivity contribution < 1.29 is 103 Å². The van der Waals surface area contributed by atoms with Crippen molar-refractivity contribution in [3.8, 4) is 0 Å². The van der Waals surface area contributed by atoms with Crippen LogP contribution in [0, 0.1) is 42.1 Å². The summed E-state index contributed by atoms with van der Waals surface area (Å²) < 4.78 is 19.3. The number of ketones is 3. The summed E-state index contributed by atoms with van der Waals surface area (Å²) in [5.74, 6) is 5.39. The second-order valence-corrected chi connectivity index (χ2v) is 51.9. The maximum Gasteiger partial charge on any atom is 2.00 e. The molecule has 770 valence electrons. The van der Waals surface area contributed by atoms with Gasteiger partial charge in [0.2, 0.25) is 5.78 Å². The average Bonchev–Trinajstić information content (AvgIpc) is 1.63. The number of amides is 1. The zero-order valence-corrected chi connectivity index (χ0v) is 97.0. The van der Waals surface area contributed by atoms with Crippen molar-refractivity contribution in [2.24, 2.45) is 35.5 Å². The van der Waals surface area contributed by atoms with E-state index >= 15 is 0 Å². The first-order valence-electron chi connectivity index (χ1n) is 51.7. The number of fused-ring (bicyclic) bond motifs is 4. The van der Waals surface area contributed by atoms with Gasteiger partial charge in [0.05, 0.1) is 25.3 Å². The number of esters is 2. The Kier molecular flexibility index (Phi) is 57.7. The van der Waals surface area contributed by atoms with E-state index in [9.17, 15) is 33.6 Å². The van der Waals surface area contributed by atoms with Gasteiger partial charge in [0.1, 0.15) is 30.6 Å². The number of pyridine rings is 7. The predicted octanol–water partition coefficient (Wildman–Crippen LogP) is 21.5. The van der Waals surface area contributed by atoms with Crippen molar-refractivity contribution in [2.45, 2.75) is 309 Å². The SMILES string of the molecule is C1=CCC=C1.C=CC(=O)c1nc(CC)ccc1C1CC1.CCOC.CCOC(=O)c1nc(CC)ccc1C1CC1.CCOC(=O)c1nc(CC)ccc1Cl.CCc1ccc(C2CC2)c(C(=O)C2CC3C=CC2C3)n1.CCc1ccc(C2CC2)c(C(=O)C2CC3CCC2C3)n1.CCc1ccc(C2CC2)c(C(=O)N(C)OC)n1.CCc1ccc(C2CC2)c(C(=O)O)n1.OB(O)C1CC1.[B]C1CCCO1.[Br-].[Br][Zn][Br].[CH-]=C.[Mg+2]. The first-order valence-corrected chi connectivity index (χ1v) is 66.0. The molecule has 12 aliphatic carbocycles. The molecule has 1 saturated heterocycles. The Morgan fingerprint density at radius 1 is 0.493 bits per heavy atom. The van der Waals surface area contributed by atoms with Gasteiger partial charge in [-0.05, 0) is 347 Å². The Labute approximate surface area is 910 Å². The third-order valence-corrected chi connectivity index (χ3v) is 27.2. The van der Waals surface area contributed by atoms with Crippen LogP contribution in [-0.2, 0) is 81.9 Å². The number of carboxylic acid groups (broad SMARTS) is 1. The Morgan fingerprint density at radius 3 is 1.15 bits per heavy atom. The van der Waals surface area contributed by atoms with Crippen LogP contribution in [0.1, 0.15) is 399 Å². The minimum atomic E-state index is -1.04. The fourth-order valence-electron chi connectivity index (χ4n) is 17.6. The van der Waals surface area contributed by atoms with Gasteiger partial charge in [-0.25, -0.2) is 54.3 Å². The zero-order chi connectivity index (χ0) is 103. The molecule has 3 N–H and O–H groups in total. The van der Waals surface area contributed by atoms with Crippen LogP contribution in [0.2, 0.25) is 10.8 Å². The maximum atomic E-state index is 13.0. The molecule has 10 saturated carbocycles. The zero-order valence-electron chi connectivity index (χ0n) is 87.1. The van der Waals surface area contributed by atoms with E-state index in [0.717, 1.165) is 208 Å². The van der Waals surface area contributed by atoms with Gasteiger partial charge >= 0.3 is 88.5 Å². The maximum absolute atomic E-state index is 13.0. The molecule has 144 heavy (non-hydrogen) atoms. The fraction of sp³-hybridized carbons (Fsp3) is 0.540. The van der Waals surface area contributed by atoms with Crippen molar-refractivity contribution in [1.29, 1.82) is 0 Å². The van der Waals surface area contributed by atoms with E-state index in [0.29, 0.717) is 100 Å². The second kappa shape index (κ2) is 66.3. The number of nitrogens with zero attached hydrogens (tertiary/aromatic N) is 8. The second-order valence-electron chi connectivity index (χ2n) is 37.5. The first kappa shape index (κ1) is 125. The van der Waals surface area contributed by atoms with E-state index < -0.39 is 19.1 Å². The number of aromatic carboxylic acids is 1. The molecule has 8 heterocycles. The summed E-state index contributed by atoms with van der Waals surface area (Å²) in [5.41, 5.74) is 17.1. The van der Waals surface area contributed by atoms with E-state index in [2.05, 4.69) is 157 Å². The van der Waals surface area contributed by atoms with Crippen molar-refractivity contribution >= 4 is 118 Å². The van der Waals surface area contributed by atoms with Gasteiger partial charge in [-0.3, -0.25) is 30.6 Å². The van der Waals surface area contributed by atoms with Crippen LogP contribution < -0.4 is 17.0 Å². The van der Waals surface area contributed by atoms with Gasteiger partial charge < -0.3 is 57.7 Å². The Morgan fingerprint density at radius 2 is 0.854 bits per heavy atom. The van der Waals surface area contributed by atoms with E-state index in [1.54, 1.807) is 33.2 Å². The number of aryl methyl sites for hydroxylation is 7. The number of aromatic nitrogens is 7. The Bertz CT molecular complexity index is 5330. The number of halogens is 4. The van der Waals surface area contributed by atoms with Crippen LogP contribution in [0.4, 0.5) is 0 Å². The van der Waals surface area contributed by atoms with Crippen LogP contribution >= 0.6 is 38.8 Å². The number of methoxy groups -OCH3 is 1. The summed E-state index contributed by atoms with van der Waals surface area (Å²) >= 11 is 12.1. The van der Waals surface area contributed by atoms with Crippen LogP contribution in [-0.4, -0.2) is 188 Å². The first-order chi connectivity index (χ1) is 68.6. The summed E-state index contributed by atoms with van der Waals surface area (Å²) in [4.78, 5) is 120. The molecule has 11 fully saturated rings. The molecule has 20 rings (SSSR count). The van der Waals surface area contributed by atoms with Crippen LogP contribution in [0.25, 0.3) is 0 Å². The number of rotatable bonds is 28. The van der Waals surface area contributed by atoms with Crippen LogP contribution in [0.5, 0.6) is 0 Å².